The van der Waals surface area contributed by atoms with E-state index in [1.807, 2.05) is 18.2 Å². The molecule has 0 radical (unpaired) electrons. The summed E-state index contributed by atoms with van der Waals surface area (Å²) in [6.45, 7) is 0. The van der Waals surface area contributed by atoms with E-state index in [0.717, 1.165) is 5.70 Å². The Bertz CT molecular complexity index is 277. The van der Waals surface area contributed by atoms with Gasteiger partial charge in [-0.2, -0.15) is 0 Å². The fourth-order valence-electron chi connectivity index (χ4n) is 0.769. The molecule has 0 atom stereocenters. The van der Waals surface area contributed by atoms with E-state index in [9.17, 15) is 4.79 Å². The molecule has 0 aromatic rings. The number of nitrogens with zero attached hydrogens (tertiary/aromatic N) is 1. The quantitative estimate of drug-likeness (QED) is 0.624. The number of nitrogens with one attached hydrogen (secondary N) is 2. The Balaban J connectivity index is 2.54. The molecule has 0 aliphatic carbocycles. The summed E-state index contributed by atoms with van der Waals surface area (Å²) in [5, 5.41) is 5.62. The standard InChI is InChI=1S/C9H13N3O/c1-12(2)9(13)11-8-5-3-4-6-10-7-8/h3-7,10H,1-2H3,(H,11,13). The van der Waals surface area contributed by atoms with Gasteiger partial charge in [-0.15, -0.1) is 0 Å². The van der Waals surface area contributed by atoms with Gasteiger partial charge in [0.1, 0.15) is 0 Å². The minimum atomic E-state index is -0.139. The monoisotopic (exact) mass is 179 g/mol. The van der Waals surface area contributed by atoms with Crippen molar-refractivity contribution in [2.75, 3.05) is 14.1 Å². The van der Waals surface area contributed by atoms with Crippen molar-refractivity contribution in [3.8, 4) is 0 Å². The second kappa shape index (κ2) is 4.35. The van der Waals surface area contributed by atoms with Crippen molar-refractivity contribution >= 4 is 6.03 Å². The Hall–Kier alpha value is -1.71. The third-order valence-electron chi connectivity index (χ3n) is 1.48. The summed E-state index contributed by atoms with van der Waals surface area (Å²) in [6.07, 6.45) is 9.03. The maximum absolute atomic E-state index is 11.2. The van der Waals surface area contributed by atoms with Crippen LogP contribution in [-0.2, 0) is 0 Å². The molecule has 0 unspecified atom stereocenters. The maximum Gasteiger partial charge on any atom is 0.321 e. The van der Waals surface area contributed by atoms with Crippen LogP contribution >= 0.6 is 0 Å². The largest absolute Gasteiger partial charge is 0.366 e. The van der Waals surface area contributed by atoms with Crippen LogP contribution in [0.5, 0.6) is 0 Å². The Kier molecular flexibility index (Phi) is 3.14. The summed E-state index contributed by atoms with van der Waals surface area (Å²) < 4.78 is 0. The van der Waals surface area contributed by atoms with Gasteiger partial charge in [-0.05, 0) is 12.2 Å². The molecule has 0 aromatic heterocycles. The number of hydrogen-bond donors (Lipinski definition) is 2. The lowest BCUT2D eigenvalue weighted by Crippen LogP contribution is -2.33. The van der Waals surface area contributed by atoms with E-state index in [1.54, 1.807) is 26.5 Å². The number of rotatable bonds is 1. The van der Waals surface area contributed by atoms with E-state index in [2.05, 4.69) is 10.6 Å². The predicted octanol–water partition coefficient (Wildman–Crippen LogP) is 0.772. The van der Waals surface area contributed by atoms with Gasteiger partial charge in [-0.1, -0.05) is 6.08 Å². The molecule has 2 N–H and O–H groups in total. The average molecular weight is 179 g/mol. The minimum absolute atomic E-state index is 0.139. The number of carbonyl (C=O) groups is 1. The third-order valence-corrected chi connectivity index (χ3v) is 1.48. The van der Waals surface area contributed by atoms with Crippen molar-refractivity contribution in [3.63, 3.8) is 0 Å². The molecule has 4 nitrogen and oxygen atoms in total. The highest BCUT2D eigenvalue weighted by Gasteiger charge is 2.03. The molecule has 70 valence electrons. The Morgan fingerprint density at radius 1 is 1.46 bits per heavy atom. The molecule has 0 bridgehead atoms. The summed E-state index contributed by atoms with van der Waals surface area (Å²) in [4.78, 5) is 12.7. The van der Waals surface area contributed by atoms with Crippen molar-refractivity contribution in [1.29, 1.82) is 0 Å². The van der Waals surface area contributed by atoms with Crippen LogP contribution in [0.2, 0.25) is 0 Å². The van der Waals surface area contributed by atoms with E-state index in [-0.39, 0.29) is 6.03 Å². The molecule has 4 heteroatoms. The van der Waals surface area contributed by atoms with Gasteiger partial charge in [0.05, 0.1) is 5.70 Å². The Morgan fingerprint density at radius 3 is 2.92 bits per heavy atom. The molecule has 1 aliphatic heterocycles. The molecule has 0 aromatic carbocycles. The first-order valence-electron chi connectivity index (χ1n) is 3.98. The van der Waals surface area contributed by atoms with Crippen molar-refractivity contribution < 1.29 is 4.79 Å². The van der Waals surface area contributed by atoms with Gasteiger partial charge in [-0.3, -0.25) is 0 Å². The number of allylic oxidation sites excluding steroid dienone is 3. The summed E-state index contributed by atoms with van der Waals surface area (Å²) >= 11 is 0. The first-order valence-corrected chi connectivity index (χ1v) is 3.98. The van der Waals surface area contributed by atoms with E-state index < -0.39 is 0 Å². The Labute approximate surface area is 77.6 Å². The van der Waals surface area contributed by atoms with Crippen molar-refractivity contribution in [2.24, 2.45) is 0 Å². The van der Waals surface area contributed by atoms with Crippen molar-refractivity contribution in [3.05, 3.63) is 36.3 Å². The molecule has 13 heavy (non-hydrogen) atoms. The van der Waals surface area contributed by atoms with Crippen LogP contribution in [-0.4, -0.2) is 25.0 Å². The fraction of sp³-hybridized carbons (Fsp3) is 0.222. The van der Waals surface area contributed by atoms with Crippen LogP contribution < -0.4 is 10.6 Å². The van der Waals surface area contributed by atoms with Crippen LogP contribution in [0, 0.1) is 0 Å². The van der Waals surface area contributed by atoms with Crippen molar-refractivity contribution in [2.45, 2.75) is 0 Å². The van der Waals surface area contributed by atoms with Crippen LogP contribution in [0.3, 0.4) is 0 Å². The van der Waals surface area contributed by atoms with Crippen LogP contribution in [0.1, 0.15) is 0 Å². The topological polar surface area (TPSA) is 44.4 Å². The molecule has 0 fully saturated rings. The van der Waals surface area contributed by atoms with E-state index in [0.29, 0.717) is 0 Å². The van der Waals surface area contributed by atoms with Gasteiger partial charge < -0.3 is 15.5 Å². The second-order valence-electron chi connectivity index (χ2n) is 2.81. The highest BCUT2D eigenvalue weighted by molar-refractivity contribution is 5.76. The highest BCUT2D eigenvalue weighted by Crippen LogP contribution is 1.95. The molecule has 0 saturated carbocycles. The molecular formula is C9H13N3O. The lowest BCUT2D eigenvalue weighted by molar-refractivity contribution is 0.220. The number of carbonyl (C=O) groups excluding carboxylic acids is 1. The minimum Gasteiger partial charge on any atom is -0.366 e. The van der Waals surface area contributed by atoms with Gasteiger partial charge in [-0.25, -0.2) is 4.79 Å². The third kappa shape index (κ3) is 3.02. The van der Waals surface area contributed by atoms with Gasteiger partial charge >= 0.3 is 6.03 Å². The van der Waals surface area contributed by atoms with Gasteiger partial charge in [0, 0.05) is 26.5 Å². The second-order valence-corrected chi connectivity index (χ2v) is 2.81. The number of amides is 2. The van der Waals surface area contributed by atoms with E-state index in [1.165, 1.54) is 4.90 Å². The number of urea groups is 1. The zero-order valence-corrected chi connectivity index (χ0v) is 7.74. The van der Waals surface area contributed by atoms with Crippen LogP contribution in [0.25, 0.3) is 0 Å². The normalized spacial score (nSPS) is 14.2. The summed E-state index contributed by atoms with van der Waals surface area (Å²) in [7, 11) is 3.39. The van der Waals surface area contributed by atoms with E-state index in [4.69, 9.17) is 0 Å². The van der Waals surface area contributed by atoms with Gasteiger partial charge in [0.25, 0.3) is 0 Å². The molecule has 0 saturated heterocycles. The van der Waals surface area contributed by atoms with Crippen molar-refractivity contribution in [1.82, 2.24) is 15.5 Å². The van der Waals surface area contributed by atoms with E-state index >= 15 is 0 Å². The lowest BCUT2D eigenvalue weighted by Gasteiger charge is -2.11. The zero-order valence-electron chi connectivity index (χ0n) is 7.74. The fourth-order valence-corrected chi connectivity index (χ4v) is 0.769. The highest BCUT2D eigenvalue weighted by atomic mass is 16.2. The first kappa shape index (κ1) is 9.38. The van der Waals surface area contributed by atoms with Crippen LogP contribution in [0.15, 0.2) is 36.3 Å². The molecule has 1 rings (SSSR count). The summed E-state index contributed by atoms with van der Waals surface area (Å²) in [5.41, 5.74) is 0.740. The maximum atomic E-state index is 11.2. The molecule has 1 heterocycles. The summed E-state index contributed by atoms with van der Waals surface area (Å²) in [5.74, 6) is 0. The van der Waals surface area contributed by atoms with Gasteiger partial charge in [0.2, 0.25) is 0 Å². The molecule has 2 amide bonds. The van der Waals surface area contributed by atoms with Crippen LogP contribution in [0.4, 0.5) is 4.79 Å². The SMILES string of the molecule is CN(C)C(=O)NC1=CNC=CC=C1. The molecule has 1 aliphatic rings. The zero-order chi connectivity index (χ0) is 9.68. The first-order chi connectivity index (χ1) is 6.20. The molecular weight excluding hydrogens is 166 g/mol. The Morgan fingerprint density at radius 2 is 2.23 bits per heavy atom. The lowest BCUT2D eigenvalue weighted by atomic mass is 10.4. The smallest absolute Gasteiger partial charge is 0.321 e. The predicted molar refractivity (Wildman–Crippen MR) is 51.7 cm³/mol. The summed E-state index contributed by atoms with van der Waals surface area (Å²) in [6, 6.07) is -0.139. The average Bonchev–Trinajstić information content (AvgIpc) is 2.32. The number of hydrogen-bond acceptors (Lipinski definition) is 2. The van der Waals surface area contributed by atoms with Gasteiger partial charge in [0.15, 0.2) is 0 Å². The molecule has 0 spiro atoms.